The molecule has 4 heteroatoms. The molecular weight excluding hydrogens is 264 g/mol. The molecular formula is C14H19ClN2S. The van der Waals surface area contributed by atoms with Crippen LogP contribution in [0.25, 0.3) is 0 Å². The van der Waals surface area contributed by atoms with Gasteiger partial charge in [-0.15, -0.1) is 23.7 Å². The zero-order chi connectivity index (χ0) is 11.8. The van der Waals surface area contributed by atoms with Crippen LogP contribution in [0.4, 0.5) is 0 Å². The van der Waals surface area contributed by atoms with Crippen LogP contribution in [0, 0.1) is 13.8 Å². The highest BCUT2D eigenvalue weighted by Gasteiger charge is 2.26. The third-order valence-electron chi connectivity index (χ3n) is 3.88. The van der Waals surface area contributed by atoms with Gasteiger partial charge in [0.15, 0.2) is 0 Å². The maximum Gasteiger partial charge on any atom is 0.109 e. The number of allylic oxidation sites excluding steroid dienone is 1. The van der Waals surface area contributed by atoms with Crippen molar-refractivity contribution < 1.29 is 0 Å². The molecule has 0 saturated heterocycles. The van der Waals surface area contributed by atoms with Gasteiger partial charge < -0.3 is 5.32 Å². The number of hydrogen-bond acceptors (Lipinski definition) is 3. The van der Waals surface area contributed by atoms with Crippen molar-refractivity contribution in [2.24, 2.45) is 4.99 Å². The van der Waals surface area contributed by atoms with Gasteiger partial charge in [-0.2, -0.15) is 0 Å². The summed E-state index contributed by atoms with van der Waals surface area (Å²) < 4.78 is 0. The summed E-state index contributed by atoms with van der Waals surface area (Å²) in [6.45, 7) is 4.41. The smallest absolute Gasteiger partial charge is 0.109 e. The molecule has 1 unspecified atom stereocenters. The minimum atomic E-state index is 0. The van der Waals surface area contributed by atoms with E-state index < -0.39 is 0 Å². The first-order valence-corrected chi connectivity index (χ1v) is 7.20. The highest BCUT2D eigenvalue weighted by atomic mass is 35.5. The van der Waals surface area contributed by atoms with Crippen LogP contribution in [0.1, 0.15) is 47.7 Å². The van der Waals surface area contributed by atoms with E-state index >= 15 is 0 Å². The summed E-state index contributed by atoms with van der Waals surface area (Å²) in [4.78, 5) is 6.11. The number of halogens is 1. The molecule has 1 aromatic rings. The SMILES string of the molecule is Cc1csc(C2N=CNC3=C2CCCC3)c1C.Cl. The van der Waals surface area contributed by atoms with Gasteiger partial charge in [-0.3, -0.25) is 4.99 Å². The van der Waals surface area contributed by atoms with E-state index in [9.17, 15) is 0 Å². The molecule has 0 saturated carbocycles. The van der Waals surface area contributed by atoms with Gasteiger partial charge in [-0.05, 0) is 61.6 Å². The number of aliphatic imine (C=N–C) groups is 1. The molecule has 3 rings (SSSR count). The third-order valence-corrected chi connectivity index (χ3v) is 5.13. The van der Waals surface area contributed by atoms with E-state index in [2.05, 4.69) is 29.5 Å². The largest absolute Gasteiger partial charge is 0.350 e. The Balaban J connectivity index is 0.00000120. The van der Waals surface area contributed by atoms with Crippen molar-refractivity contribution in [2.45, 2.75) is 45.6 Å². The van der Waals surface area contributed by atoms with E-state index in [4.69, 9.17) is 0 Å². The molecule has 1 atom stereocenters. The quantitative estimate of drug-likeness (QED) is 0.816. The minimum absolute atomic E-state index is 0. The number of aryl methyl sites for hydroxylation is 1. The lowest BCUT2D eigenvalue weighted by Gasteiger charge is -2.28. The molecule has 0 fully saturated rings. The molecule has 1 N–H and O–H groups in total. The molecule has 18 heavy (non-hydrogen) atoms. The van der Waals surface area contributed by atoms with Crippen molar-refractivity contribution in [2.75, 3.05) is 0 Å². The van der Waals surface area contributed by atoms with Gasteiger partial charge in [-0.25, -0.2) is 0 Å². The lowest BCUT2D eigenvalue weighted by Crippen LogP contribution is -2.23. The Morgan fingerprint density at radius 3 is 2.78 bits per heavy atom. The van der Waals surface area contributed by atoms with Gasteiger partial charge in [-0.1, -0.05) is 0 Å². The molecule has 0 aromatic carbocycles. The van der Waals surface area contributed by atoms with Crippen molar-refractivity contribution in [3.8, 4) is 0 Å². The average molecular weight is 283 g/mol. The number of nitrogens with one attached hydrogen (secondary N) is 1. The Labute approximate surface area is 119 Å². The van der Waals surface area contributed by atoms with Crippen molar-refractivity contribution >= 4 is 30.1 Å². The summed E-state index contributed by atoms with van der Waals surface area (Å²) in [5.41, 5.74) is 5.79. The Bertz CT molecular complexity index is 502. The van der Waals surface area contributed by atoms with Crippen molar-refractivity contribution in [1.82, 2.24) is 5.32 Å². The maximum atomic E-state index is 4.67. The van der Waals surface area contributed by atoms with Crippen LogP contribution in [-0.2, 0) is 0 Å². The van der Waals surface area contributed by atoms with Crippen LogP contribution < -0.4 is 5.32 Å². The first-order valence-electron chi connectivity index (χ1n) is 6.32. The molecule has 0 amide bonds. The fraction of sp³-hybridized carbons (Fsp3) is 0.500. The summed E-state index contributed by atoms with van der Waals surface area (Å²) in [5, 5.41) is 5.59. The lowest BCUT2D eigenvalue weighted by atomic mass is 9.89. The Morgan fingerprint density at radius 1 is 1.28 bits per heavy atom. The molecule has 1 aliphatic carbocycles. The second-order valence-corrected chi connectivity index (χ2v) is 5.86. The highest BCUT2D eigenvalue weighted by Crippen LogP contribution is 2.41. The average Bonchev–Trinajstić information content (AvgIpc) is 2.69. The number of rotatable bonds is 1. The molecule has 0 spiro atoms. The molecule has 1 aliphatic heterocycles. The fourth-order valence-electron chi connectivity index (χ4n) is 2.69. The topological polar surface area (TPSA) is 24.4 Å². The van der Waals surface area contributed by atoms with E-state index in [1.807, 2.05) is 17.7 Å². The van der Waals surface area contributed by atoms with Crippen LogP contribution in [0.2, 0.25) is 0 Å². The molecule has 2 aliphatic rings. The van der Waals surface area contributed by atoms with Gasteiger partial charge >= 0.3 is 0 Å². The van der Waals surface area contributed by atoms with E-state index in [1.54, 1.807) is 0 Å². The second kappa shape index (κ2) is 5.45. The monoisotopic (exact) mass is 282 g/mol. The fourth-order valence-corrected chi connectivity index (χ4v) is 3.84. The van der Waals surface area contributed by atoms with Crippen LogP contribution in [0.15, 0.2) is 21.6 Å². The molecule has 1 aromatic heterocycles. The van der Waals surface area contributed by atoms with Crippen LogP contribution in [0.3, 0.4) is 0 Å². The summed E-state index contributed by atoms with van der Waals surface area (Å²) in [7, 11) is 0. The lowest BCUT2D eigenvalue weighted by molar-refractivity contribution is 0.599. The summed E-state index contributed by atoms with van der Waals surface area (Å²) >= 11 is 1.86. The van der Waals surface area contributed by atoms with Gasteiger partial charge in [0, 0.05) is 10.6 Å². The predicted octanol–water partition coefficient (Wildman–Crippen LogP) is 4.29. The van der Waals surface area contributed by atoms with E-state index in [0.29, 0.717) is 6.04 Å². The van der Waals surface area contributed by atoms with Crippen LogP contribution in [-0.4, -0.2) is 6.34 Å². The molecule has 2 nitrogen and oxygen atoms in total. The van der Waals surface area contributed by atoms with Crippen molar-refractivity contribution in [3.05, 3.63) is 32.7 Å². The first-order chi connectivity index (χ1) is 8.27. The van der Waals surface area contributed by atoms with Gasteiger partial charge in [0.05, 0.1) is 6.34 Å². The number of nitrogens with zero attached hydrogens (tertiary/aromatic N) is 1. The summed E-state index contributed by atoms with van der Waals surface area (Å²) in [6, 6.07) is 0.297. The van der Waals surface area contributed by atoms with E-state index in [1.165, 1.54) is 53.0 Å². The standard InChI is InChI=1S/C14H18N2S.ClH/c1-9-7-17-14(10(9)2)13-11-5-3-4-6-12(11)15-8-16-13;/h7-8,13H,3-6H2,1-2H3,(H,15,16);1H. The van der Waals surface area contributed by atoms with Crippen LogP contribution in [0.5, 0.6) is 0 Å². The zero-order valence-corrected chi connectivity index (χ0v) is 12.5. The second-order valence-electron chi connectivity index (χ2n) is 4.94. The normalized spacial score (nSPS) is 22.2. The molecule has 0 radical (unpaired) electrons. The van der Waals surface area contributed by atoms with Crippen molar-refractivity contribution in [1.29, 1.82) is 0 Å². The Morgan fingerprint density at radius 2 is 2.06 bits per heavy atom. The van der Waals surface area contributed by atoms with Gasteiger partial charge in [0.2, 0.25) is 0 Å². The summed E-state index contributed by atoms with van der Waals surface area (Å²) in [6.07, 6.45) is 6.93. The minimum Gasteiger partial charge on any atom is -0.350 e. The first kappa shape index (κ1) is 13.6. The summed E-state index contributed by atoms with van der Waals surface area (Å²) in [5.74, 6) is 0. The van der Waals surface area contributed by atoms with Crippen molar-refractivity contribution in [3.63, 3.8) is 0 Å². The Kier molecular flexibility index (Phi) is 4.13. The maximum absolute atomic E-state index is 4.67. The van der Waals surface area contributed by atoms with Gasteiger partial charge in [0.25, 0.3) is 0 Å². The van der Waals surface area contributed by atoms with E-state index in [-0.39, 0.29) is 12.4 Å². The molecule has 98 valence electrons. The molecule has 0 bridgehead atoms. The zero-order valence-electron chi connectivity index (χ0n) is 10.8. The molecule has 2 heterocycles. The number of hydrogen-bond donors (Lipinski definition) is 1. The highest BCUT2D eigenvalue weighted by molar-refractivity contribution is 7.10. The predicted molar refractivity (Wildman–Crippen MR) is 80.9 cm³/mol. The van der Waals surface area contributed by atoms with Gasteiger partial charge in [0.1, 0.15) is 6.04 Å². The van der Waals surface area contributed by atoms with Crippen LogP contribution >= 0.6 is 23.7 Å². The Hall–Kier alpha value is -0.800. The number of thiophene rings is 1. The van der Waals surface area contributed by atoms with E-state index in [0.717, 1.165) is 0 Å². The third kappa shape index (κ3) is 2.21.